The lowest BCUT2D eigenvalue weighted by Gasteiger charge is -2.11. The molecule has 17 heavy (non-hydrogen) atoms. The maximum absolute atomic E-state index is 11.7. The second kappa shape index (κ2) is 6.31. The van der Waals surface area contributed by atoms with Crippen LogP contribution in [-0.2, 0) is 4.79 Å². The van der Waals surface area contributed by atoms with Crippen LogP contribution in [0.15, 0.2) is 29.2 Å². The molecular weight excluding hydrogens is 254 g/mol. The third-order valence-corrected chi connectivity index (χ3v) is 4.43. The van der Waals surface area contributed by atoms with Gasteiger partial charge >= 0.3 is 0 Å². The quantitative estimate of drug-likeness (QED) is 0.848. The first-order chi connectivity index (χ1) is 8.25. The van der Waals surface area contributed by atoms with Gasteiger partial charge in [-0.2, -0.15) is 0 Å². The van der Waals surface area contributed by atoms with Crippen molar-refractivity contribution in [2.24, 2.45) is 0 Å². The number of rotatable bonds is 4. The third kappa shape index (κ3) is 3.93. The molecule has 1 saturated carbocycles. The van der Waals surface area contributed by atoms with Gasteiger partial charge in [-0.3, -0.25) is 4.79 Å². The number of carbonyl (C=O) groups excluding carboxylic acids is 1. The molecule has 92 valence electrons. The van der Waals surface area contributed by atoms with E-state index in [1.54, 1.807) is 0 Å². The SMILES string of the molecule is O=C(CSc1ccccc1Cl)NC1CCCC1. The number of carbonyl (C=O) groups is 1. The van der Waals surface area contributed by atoms with E-state index >= 15 is 0 Å². The number of thioether (sulfide) groups is 1. The van der Waals surface area contributed by atoms with Crippen LogP contribution in [0.4, 0.5) is 0 Å². The second-order valence-corrected chi connectivity index (χ2v) is 5.69. The summed E-state index contributed by atoms with van der Waals surface area (Å²) in [4.78, 5) is 12.7. The van der Waals surface area contributed by atoms with E-state index in [9.17, 15) is 4.79 Å². The standard InChI is InChI=1S/C13H16ClNOS/c14-11-7-3-4-8-12(11)17-9-13(16)15-10-5-1-2-6-10/h3-4,7-8,10H,1-2,5-6,9H2,(H,15,16). The highest BCUT2D eigenvalue weighted by Crippen LogP contribution is 2.26. The van der Waals surface area contributed by atoms with Gasteiger partial charge in [0, 0.05) is 10.9 Å². The Morgan fingerprint density at radius 2 is 2.06 bits per heavy atom. The lowest BCUT2D eigenvalue weighted by molar-refractivity contribution is -0.119. The highest BCUT2D eigenvalue weighted by molar-refractivity contribution is 8.00. The zero-order valence-corrected chi connectivity index (χ0v) is 11.2. The van der Waals surface area contributed by atoms with Gasteiger partial charge in [0.05, 0.1) is 10.8 Å². The van der Waals surface area contributed by atoms with Crippen molar-refractivity contribution < 1.29 is 4.79 Å². The summed E-state index contributed by atoms with van der Waals surface area (Å²) in [7, 11) is 0. The molecule has 1 aromatic rings. The highest BCUT2D eigenvalue weighted by Gasteiger charge is 2.17. The van der Waals surface area contributed by atoms with Crippen LogP contribution in [0.5, 0.6) is 0 Å². The second-order valence-electron chi connectivity index (χ2n) is 4.27. The molecule has 0 bridgehead atoms. The van der Waals surface area contributed by atoms with Crippen molar-refractivity contribution in [1.29, 1.82) is 0 Å². The zero-order chi connectivity index (χ0) is 12.1. The zero-order valence-electron chi connectivity index (χ0n) is 9.62. The van der Waals surface area contributed by atoms with E-state index in [4.69, 9.17) is 11.6 Å². The Labute approximate surface area is 111 Å². The summed E-state index contributed by atoms with van der Waals surface area (Å²) in [5.41, 5.74) is 0. The fourth-order valence-electron chi connectivity index (χ4n) is 2.04. The van der Waals surface area contributed by atoms with E-state index in [2.05, 4.69) is 5.32 Å². The Morgan fingerprint density at radius 1 is 1.35 bits per heavy atom. The molecular formula is C13H16ClNOS. The molecule has 0 spiro atoms. The first kappa shape index (κ1) is 12.8. The summed E-state index contributed by atoms with van der Waals surface area (Å²) in [5.74, 6) is 0.557. The number of halogens is 1. The minimum absolute atomic E-state index is 0.113. The molecule has 2 nitrogen and oxygen atoms in total. The Kier molecular flexibility index (Phi) is 4.75. The lowest BCUT2D eigenvalue weighted by atomic mass is 10.2. The summed E-state index contributed by atoms with van der Waals surface area (Å²) in [6.07, 6.45) is 4.73. The van der Waals surface area contributed by atoms with Crippen LogP contribution >= 0.6 is 23.4 Å². The van der Waals surface area contributed by atoms with Crippen molar-refractivity contribution in [3.63, 3.8) is 0 Å². The van der Waals surface area contributed by atoms with Crippen LogP contribution in [-0.4, -0.2) is 17.7 Å². The van der Waals surface area contributed by atoms with Gasteiger partial charge < -0.3 is 5.32 Å². The van der Waals surface area contributed by atoms with Gasteiger partial charge in [0.2, 0.25) is 5.91 Å². The fourth-order valence-corrected chi connectivity index (χ4v) is 3.09. The van der Waals surface area contributed by atoms with E-state index in [0.717, 1.165) is 17.7 Å². The predicted molar refractivity (Wildman–Crippen MR) is 72.6 cm³/mol. The van der Waals surface area contributed by atoms with E-state index in [0.29, 0.717) is 16.8 Å². The van der Waals surface area contributed by atoms with Crippen molar-refractivity contribution in [3.05, 3.63) is 29.3 Å². The average Bonchev–Trinajstić information content (AvgIpc) is 2.81. The minimum Gasteiger partial charge on any atom is -0.353 e. The van der Waals surface area contributed by atoms with Crippen LogP contribution in [0.2, 0.25) is 5.02 Å². The van der Waals surface area contributed by atoms with E-state index in [1.165, 1.54) is 24.6 Å². The van der Waals surface area contributed by atoms with Crippen molar-refractivity contribution in [2.45, 2.75) is 36.6 Å². The van der Waals surface area contributed by atoms with Crippen molar-refractivity contribution in [1.82, 2.24) is 5.32 Å². The Balaban J connectivity index is 1.77. The Morgan fingerprint density at radius 3 is 2.76 bits per heavy atom. The summed E-state index contributed by atoms with van der Waals surface area (Å²) >= 11 is 7.52. The number of hydrogen-bond donors (Lipinski definition) is 1. The molecule has 0 radical (unpaired) electrons. The fraction of sp³-hybridized carbons (Fsp3) is 0.462. The molecule has 0 unspecified atom stereocenters. The molecule has 1 aliphatic rings. The molecule has 0 atom stereocenters. The van der Waals surface area contributed by atoms with Gasteiger partial charge in [0.15, 0.2) is 0 Å². The molecule has 0 saturated heterocycles. The minimum atomic E-state index is 0.113. The highest BCUT2D eigenvalue weighted by atomic mass is 35.5. The van der Waals surface area contributed by atoms with Crippen molar-refractivity contribution in [3.8, 4) is 0 Å². The number of nitrogens with one attached hydrogen (secondary N) is 1. The van der Waals surface area contributed by atoms with Crippen molar-refractivity contribution >= 4 is 29.3 Å². The first-order valence-electron chi connectivity index (χ1n) is 5.92. The molecule has 0 heterocycles. The number of benzene rings is 1. The molecule has 1 N–H and O–H groups in total. The third-order valence-electron chi connectivity index (χ3n) is 2.92. The van der Waals surface area contributed by atoms with E-state index in [1.807, 2.05) is 24.3 Å². The summed E-state index contributed by atoms with van der Waals surface area (Å²) in [5, 5.41) is 3.78. The maximum Gasteiger partial charge on any atom is 0.230 e. The summed E-state index contributed by atoms with van der Waals surface area (Å²) in [6, 6.07) is 8.01. The largest absolute Gasteiger partial charge is 0.353 e. The molecule has 1 amide bonds. The van der Waals surface area contributed by atoms with Gasteiger partial charge in [-0.25, -0.2) is 0 Å². The smallest absolute Gasteiger partial charge is 0.230 e. The number of hydrogen-bond acceptors (Lipinski definition) is 2. The van der Waals surface area contributed by atoms with Crippen LogP contribution in [0.25, 0.3) is 0 Å². The Hall–Kier alpha value is -0.670. The van der Waals surface area contributed by atoms with E-state index < -0.39 is 0 Å². The molecule has 1 fully saturated rings. The van der Waals surface area contributed by atoms with E-state index in [-0.39, 0.29) is 5.91 Å². The van der Waals surface area contributed by atoms with Gasteiger partial charge in [0.1, 0.15) is 0 Å². The van der Waals surface area contributed by atoms with Gasteiger partial charge in [0.25, 0.3) is 0 Å². The topological polar surface area (TPSA) is 29.1 Å². The summed E-state index contributed by atoms with van der Waals surface area (Å²) in [6.45, 7) is 0. The van der Waals surface area contributed by atoms with Gasteiger partial charge in [-0.15, -0.1) is 11.8 Å². The van der Waals surface area contributed by atoms with Crippen molar-refractivity contribution in [2.75, 3.05) is 5.75 Å². The Bertz CT molecular complexity index is 391. The van der Waals surface area contributed by atoms with Crippen LogP contribution in [0.1, 0.15) is 25.7 Å². The predicted octanol–water partition coefficient (Wildman–Crippen LogP) is 3.49. The first-order valence-corrected chi connectivity index (χ1v) is 7.29. The molecule has 1 aliphatic carbocycles. The lowest BCUT2D eigenvalue weighted by Crippen LogP contribution is -2.33. The number of amides is 1. The normalized spacial score (nSPS) is 16.1. The van der Waals surface area contributed by atoms with Crippen LogP contribution in [0, 0.1) is 0 Å². The monoisotopic (exact) mass is 269 g/mol. The molecule has 4 heteroatoms. The molecule has 1 aromatic carbocycles. The molecule has 0 aromatic heterocycles. The molecule has 0 aliphatic heterocycles. The van der Waals surface area contributed by atoms with Crippen LogP contribution in [0.3, 0.4) is 0 Å². The summed E-state index contributed by atoms with van der Waals surface area (Å²) < 4.78 is 0. The van der Waals surface area contributed by atoms with Gasteiger partial charge in [-0.05, 0) is 25.0 Å². The average molecular weight is 270 g/mol. The van der Waals surface area contributed by atoms with Crippen LogP contribution < -0.4 is 5.32 Å². The maximum atomic E-state index is 11.7. The molecule has 2 rings (SSSR count). The van der Waals surface area contributed by atoms with Gasteiger partial charge in [-0.1, -0.05) is 36.6 Å².